The first kappa shape index (κ1) is 22.8. The van der Waals surface area contributed by atoms with Crippen LogP contribution >= 0.6 is 0 Å². The van der Waals surface area contributed by atoms with Gasteiger partial charge in [-0.3, -0.25) is 4.79 Å². The maximum atomic E-state index is 12.8. The molecule has 9 nitrogen and oxygen atoms in total. The van der Waals surface area contributed by atoms with E-state index in [1.807, 2.05) is 36.4 Å². The molecule has 0 aliphatic carbocycles. The zero-order valence-corrected chi connectivity index (χ0v) is 20.3. The summed E-state index contributed by atoms with van der Waals surface area (Å²) in [4.78, 5) is 23.9. The average molecular weight is 491 g/mol. The van der Waals surface area contributed by atoms with Crippen molar-refractivity contribution in [1.82, 2.24) is 15.3 Å². The molecule has 3 aromatic rings. The Morgan fingerprint density at radius 2 is 1.92 bits per heavy atom. The summed E-state index contributed by atoms with van der Waals surface area (Å²) in [7, 11) is 1.64. The Labute approximate surface area is 209 Å². The molecule has 1 aromatic heterocycles. The van der Waals surface area contributed by atoms with Crippen molar-refractivity contribution in [2.45, 2.75) is 43.2 Å². The first-order chi connectivity index (χ1) is 17.5. The summed E-state index contributed by atoms with van der Waals surface area (Å²) in [6, 6.07) is 11.4. The van der Waals surface area contributed by atoms with Crippen molar-refractivity contribution in [3.05, 3.63) is 48.3 Å². The summed E-state index contributed by atoms with van der Waals surface area (Å²) < 4.78 is 16.7. The van der Waals surface area contributed by atoms with Crippen LogP contribution in [0.5, 0.6) is 17.2 Å². The highest BCUT2D eigenvalue weighted by molar-refractivity contribution is 5.90. The van der Waals surface area contributed by atoms with E-state index < -0.39 is 5.60 Å². The fraction of sp³-hybridized carbons (Fsp3) is 0.444. The van der Waals surface area contributed by atoms with Gasteiger partial charge in [-0.2, -0.15) is 0 Å². The highest BCUT2D eigenvalue weighted by Crippen LogP contribution is 2.39. The molecule has 9 heteroatoms. The van der Waals surface area contributed by atoms with Gasteiger partial charge in [0.1, 0.15) is 31.1 Å². The van der Waals surface area contributed by atoms with Crippen LogP contribution in [0.4, 0.5) is 5.82 Å². The van der Waals surface area contributed by atoms with Crippen LogP contribution < -0.4 is 24.4 Å². The topological polar surface area (TPSA) is 106 Å². The van der Waals surface area contributed by atoms with Gasteiger partial charge in [0, 0.05) is 24.5 Å². The minimum absolute atomic E-state index is 0.000818. The smallest absolute Gasteiger partial charge is 0.227 e. The largest absolute Gasteiger partial charge is 0.497 e. The maximum Gasteiger partial charge on any atom is 0.227 e. The molecule has 2 unspecified atom stereocenters. The molecule has 2 atom stereocenters. The number of hydrogen-bond acceptors (Lipinski definition) is 8. The van der Waals surface area contributed by atoms with Crippen LogP contribution in [0.1, 0.15) is 37.2 Å². The fourth-order valence-electron chi connectivity index (χ4n) is 5.65. The van der Waals surface area contributed by atoms with E-state index in [1.54, 1.807) is 13.4 Å². The van der Waals surface area contributed by atoms with E-state index >= 15 is 0 Å². The van der Waals surface area contributed by atoms with Gasteiger partial charge >= 0.3 is 0 Å². The third kappa shape index (κ3) is 4.28. The van der Waals surface area contributed by atoms with Crippen molar-refractivity contribution >= 4 is 22.6 Å². The van der Waals surface area contributed by atoms with E-state index in [0.717, 1.165) is 33.8 Å². The van der Waals surface area contributed by atoms with Crippen LogP contribution in [0, 0.1) is 0 Å². The number of amides is 1. The number of hydrogen-bond donors (Lipinski definition) is 2. The van der Waals surface area contributed by atoms with Gasteiger partial charge in [0.05, 0.1) is 24.1 Å². The van der Waals surface area contributed by atoms with Gasteiger partial charge in [-0.05, 0) is 61.6 Å². The van der Waals surface area contributed by atoms with Crippen molar-refractivity contribution in [2.75, 3.05) is 38.3 Å². The van der Waals surface area contributed by atoms with E-state index in [1.165, 1.54) is 0 Å². The van der Waals surface area contributed by atoms with Gasteiger partial charge in [0.2, 0.25) is 5.91 Å². The molecule has 1 amide bonds. The lowest BCUT2D eigenvalue weighted by molar-refractivity contribution is -0.120. The Kier molecular flexibility index (Phi) is 5.79. The number of fused-ring (bicyclic) bond motifs is 2. The zero-order chi connectivity index (χ0) is 24.7. The molecular formula is C27H30N4O5. The number of piperidine rings is 1. The Morgan fingerprint density at radius 3 is 2.72 bits per heavy atom. The Hall–Kier alpha value is -3.59. The Bertz CT molecular complexity index is 1290. The van der Waals surface area contributed by atoms with Crippen molar-refractivity contribution in [1.29, 1.82) is 0 Å². The number of ether oxygens (including phenoxy) is 3. The van der Waals surface area contributed by atoms with Gasteiger partial charge in [-0.1, -0.05) is 6.07 Å². The molecule has 2 N–H and O–H groups in total. The van der Waals surface area contributed by atoms with Crippen molar-refractivity contribution in [3.63, 3.8) is 0 Å². The van der Waals surface area contributed by atoms with Gasteiger partial charge in [-0.15, -0.1) is 0 Å². The first-order valence-electron chi connectivity index (χ1n) is 12.5. The number of carbonyl (C=O) groups excluding carboxylic acids is 1. The van der Waals surface area contributed by atoms with Crippen molar-refractivity contribution < 1.29 is 24.1 Å². The molecule has 6 rings (SSSR count). The molecule has 188 valence electrons. The highest BCUT2D eigenvalue weighted by atomic mass is 16.6. The van der Waals surface area contributed by atoms with Crippen LogP contribution in [-0.4, -0.2) is 66.0 Å². The third-order valence-corrected chi connectivity index (χ3v) is 7.59. The number of aromatic nitrogens is 2. The molecule has 0 radical (unpaired) electrons. The molecule has 0 bridgehead atoms. The second-order valence-corrected chi connectivity index (χ2v) is 9.89. The normalized spacial score (nSPS) is 22.9. The van der Waals surface area contributed by atoms with E-state index in [0.29, 0.717) is 57.7 Å². The molecule has 3 aliphatic heterocycles. The number of nitrogens with one attached hydrogen (secondary N) is 1. The number of benzene rings is 2. The van der Waals surface area contributed by atoms with Crippen molar-refractivity contribution in [2.24, 2.45) is 0 Å². The molecule has 3 aliphatic rings. The van der Waals surface area contributed by atoms with Crippen LogP contribution in [0.15, 0.2) is 42.7 Å². The Morgan fingerprint density at radius 1 is 1.11 bits per heavy atom. The van der Waals surface area contributed by atoms with Gasteiger partial charge < -0.3 is 29.5 Å². The summed E-state index contributed by atoms with van der Waals surface area (Å²) in [6.45, 7) is 2.40. The quantitative estimate of drug-likeness (QED) is 0.563. The summed E-state index contributed by atoms with van der Waals surface area (Å²) in [5.41, 5.74) is 0.948. The molecule has 2 aromatic carbocycles. The summed E-state index contributed by atoms with van der Waals surface area (Å²) >= 11 is 0. The molecule has 0 saturated carbocycles. The zero-order valence-electron chi connectivity index (χ0n) is 20.3. The number of anilines is 1. The van der Waals surface area contributed by atoms with E-state index in [4.69, 9.17) is 14.2 Å². The van der Waals surface area contributed by atoms with E-state index in [-0.39, 0.29) is 17.9 Å². The number of nitrogens with zero attached hydrogens (tertiary/aromatic N) is 3. The minimum atomic E-state index is -0.837. The van der Waals surface area contributed by atoms with Crippen LogP contribution in [0.2, 0.25) is 0 Å². The second-order valence-electron chi connectivity index (χ2n) is 9.89. The first-order valence-corrected chi connectivity index (χ1v) is 12.5. The fourth-order valence-corrected chi connectivity index (χ4v) is 5.65. The lowest BCUT2D eigenvalue weighted by atomic mass is 9.83. The van der Waals surface area contributed by atoms with E-state index in [9.17, 15) is 9.90 Å². The SMILES string of the molecule is COc1ccc2ncnc(N3CCC(O)(CC4CC(c5ccc6c(c5)OCCO6)C(=O)N4)CC3)c2c1. The van der Waals surface area contributed by atoms with Crippen LogP contribution in [0.25, 0.3) is 10.9 Å². The van der Waals surface area contributed by atoms with E-state index in [2.05, 4.69) is 20.2 Å². The minimum Gasteiger partial charge on any atom is -0.497 e. The van der Waals surface area contributed by atoms with Gasteiger partial charge in [-0.25, -0.2) is 9.97 Å². The lowest BCUT2D eigenvalue weighted by Crippen LogP contribution is -2.47. The van der Waals surface area contributed by atoms with Crippen molar-refractivity contribution in [3.8, 4) is 17.2 Å². The second kappa shape index (κ2) is 9.13. The number of rotatable bonds is 5. The standard InChI is InChI=1S/C27H30N4O5/c1-34-19-3-4-22-21(14-19)25(29-16-28-22)31-8-6-27(33,7-9-31)15-18-13-20(26(32)30-18)17-2-5-23-24(12-17)36-11-10-35-23/h2-5,12,14,16,18,20,33H,6-11,13,15H2,1H3,(H,30,32). The predicted octanol–water partition coefficient (Wildman–Crippen LogP) is 2.80. The molecule has 2 fully saturated rings. The molecular weight excluding hydrogens is 460 g/mol. The molecule has 2 saturated heterocycles. The number of carbonyl (C=O) groups is 1. The maximum absolute atomic E-state index is 12.8. The third-order valence-electron chi connectivity index (χ3n) is 7.59. The van der Waals surface area contributed by atoms with Crippen LogP contribution in [0.3, 0.4) is 0 Å². The number of methoxy groups -OCH3 is 1. The highest BCUT2D eigenvalue weighted by Gasteiger charge is 2.41. The van der Waals surface area contributed by atoms with Crippen LogP contribution in [-0.2, 0) is 4.79 Å². The summed E-state index contributed by atoms with van der Waals surface area (Å²) in [5.74, 6) is 2.77. The summed E-state index contributed by atoms with van der Waals surface area (Å²) in [5, 5.41) is 15.5. The van der Waals surface area contributed by atoms with Gasteiger partial charge in [0.25, 0.3) is 0 Å². The average Bonchev–Trinajstić information content (AvgIpc) is 3.27. The molecule has 4 heterocycles. The summed E-state index contributed by atoms with van der Waals surface area (Å²) in [6.07, 6.45) is 3.97. The predicted molar refractivity (Wildman–Crippen MR) is 134 cm³/mol. The molecule has 36 heavy (non-hydrogen) atoms. The molecule has 0 spiro atoms. The number of aliphatic hydroxyl groups is 1. The monoisotopic (exact) mass is 490 g/mol. The Balaban J connectivity index is 1.12. The van der Waals surface area contributed by atoms with Gasteiger partial charge in [0.15, 0.2) is 11.5 Å². The lowest BCUT2D eigenvalue weighted by Gasteiger charge is -2.40.